The van der Waals surface area contributed by atoms with E-state index in [9.17, 15) is 19.2 Å². The van der Waals surface area contributed by atoms with Gasteiger partial charge in [-0.3, -0.25) is 9.59 Å². The van der Waals surface area contributed by atoms with E-state index in [2.05, 4.69) is 68.9 Å². The molecule has 5 aromatic rings. The molecule has 5 heterocycles. The number of nitrogens with zero attached hydrogens (tertiary/aromatic N) is 4. The Bertz CT molecular complexity index is 2340. The summed E-state index contributed by atoms with van der Waals surface area (Å²) in [5.41, 5.74) is 7.14. The molecule has 2 fully saturated rings. The van der Waals surface area contributed by atoms with E-state index < -0.39 is 29.8 Å². The smallest absolute Gasteiger partial charge is 0.407 e. The number of fused-ring (bicyclic) bond motifs is 1. The molecule has 0 aliphatic carbocycles. The molecule has 312 valence electrons. The third-order valence-electron chi connectivity index (χ3n) is 12.1. The Morgan fingerprint density at radius 1 is 0.797 bits per heavy atom. The molecule has 7 rings (SSSR count). The van der Waals surface area contributed by atoms with Gasteiger partial charge >= 0.3 is 12.2 Å². The fraction of sp³-hybridized carbons (Fsp3) is 0.455. The van der Waals surface area contributed by atoms with Crippen molar-refractivity contribution in [1.29, 1.82) is 0 Å². The lowest BCUT2D eigenvalue weighted by atomic mass is 9.95. The van der Waals surface area contributed by atoms with E-state index in [1.807, 2.05) is 63.0 Å². The standard InChI is InChI=1S/C44H55N9O6/c1-24(2)35(50-42(56)58-7)39(54)52-19-9-11-33(52)38-46-22-31(48-38)28-14-12-27(13-15-28)29-16-17-30(37-34(29)26(5)21-45-37)32-23-47-41(49-32)44(6)18-10-20-53(44)40(55)36(25(3)4)51-43(57)59-8/h12-17,21-25,33,35-36,45H,9-11,18-20H2,1-8H3,(H,46,48)(H,47,49)(H,50,56)(H,51,57)/t33-,35-,36-,44-/m0/s1. The van der Waals surface area contributed by atoms with Gasteiger partial charge in [-0.15, -0.1) is 0 Å². The Labute approximate surface area is 344 Å². The lowest BCUT2D eigenvalue weighted by Gasteiger charge is -2.37. The van der Waals surface area contributed by atoms with Crippen molar-refractivity contribution in [2.45, 2.75) is 90.9 Å². The number of methoxy groups -OCH3 is 2. The molecule has 2 aromatic carbocycles. The fourth-order valence-corrected chi connectivity index (χ4v) is 8.72. The van der Waals surface area contributed by atoms with Gasteiger partial charge in [0.25, 0.3) is 0 Å². The van der Waals surface area contributed by atoms with Gasteiger partial charge in [-0.05, 0) is 73.6 Å². The lowest BCUT2D eigenvalue weighted by Crippen LogP contribution is -2.55. The van der Waals surface area contributed by atoms with Crippen LogP contribution in [-0.4, -0.2) is 98.1 Å². The Balaban J connectivity index is 1.11. The summed E-state index contributed by atoms with van der Waals surface area (Å²) in [6.07, 6.45) is 7.54. The van der Waals surface area contributed by atoms with Crippen LogP contribution >= 0.6 is 0 Å². The molecule has 3 aromatic heterocycles. The minimum Gasteiger partial charge on any atom is -0.453 e. The molecule has 2 aliphatic rings. The normalized spacial score (nSPS) is 19.1. The van der Waals surface area contributed by atoms with Crippen LogP contribution in [0.25, 0.3) is 44.5 Å². The Morgan fingerprint density at radius 2 is 1.42 bits per heavy atom. The molecular weight excluding hydrogens is 751 g/mol. The minimum absolute atomic E-state index is 0.113. The minimum atomic E-state index is -0.726. The largest absolute Gasteiger partial charge is 0.453 e. The van der Waals surface area contributed by atoms with Gasteiger partial charge < -0.3 is 44.9 Å². The molecule has 2 aliphatic heterocycles. The van der Waals surface area contributed by atoms with Crippen molar-refractivity contribution in [3.8, 4) is 33.6 Å². The summed E-state index contributed by atoms with van der Waals surface area (Å²) in [5.74, 6) is 0.859. The summed E-state index contributed by atoms with van der Waals surface area (Å²) in [7, 11) is 2.58. The van der Waals surface area contributed by atoms with Crippen LogP contribution in [0.4, 0.5) is 9.59 Å². The Kier molecular flexibility index (Phi) is 11.6. The first-order valence-electron chi connectivity index (χ1n) is 20.4. The molecule has 0 spiro atoms. The summed E-state index contributed by atoms with van der Waals surface area (Å²) >= 11 is 0. The fourth-order valence-electron chi connectivity index (χ4n) is 8.72. The van der Waals surface area contributed by atoms with E-state index in [1.54, 1.807) is 0 Å². The zero-order chi connectivity index (χ0) is 42.2. The monoisotopic (exact) mass is 805 g/mol. The number of hydrogen-bond acceptors (Lipinski definition) is 8. The Hall–Kier alpha value is -6.12. The number of hydrogen-bond donors (Lipinski definition) is 5. The molecule has 5 N–H and O–H groups in total. The number of carbonyl (C=O) groups excluding carboxylic acids is 4. The van der Waals surface area contributed by atoms with Gasteiger partial charge in [0.2, 0.25) is 11.8 Å². The topological polar surface area (TPSA) is 190 Å². The number of ether oxygens (including phenoxy) is 2. The highest BCUT2D eigenvalue weighted by Gasteiger charge is 2.46. The molecule has 15 nitrogen and oxygen atoms in total. The molecule has 0 radical (unpaired) electrons. The van der Waals surface area contributed by atoms with Gasteiger partial charge in [0, 0.05) is 30.2 Å². The number of H-pyrrole nitrogens is 3. The number of carbonyl (C=O) groups is 4. The maximum atomic E-state index is 13.9. The van der Waals surface area contributed by atoms with Crippen molar-refractivity contribution in [3.63, 3.8) is 0 Å². The van der Waals surface area contributed by atoms with Crippen molar-refractivity contribution >= 4 is 34.9 Å². The zero-order valence-corrected chi connectivity index (χ0v) is 35.1. The SMILES string of the molecule is COC(=O)N[C@H](C(=O)N1CCC[C@H]1c1ncc(-c2ccc(-c3ccc(-c4cnc([C@]5(C)CCCN5C(=O)[C@@H](NC(=O)OC)C(C)C)[nH]4)c4[nH]cc(C)c34)cc2)[nH]1)C(C)C. The summed E-state index contributed by atoms with van der Waals surface area (Å²) in [6, 6.07) is 10.9. The van der Waals surface area contributed by atoms with Crippen LogP contribution in [0.2, 0.25) is 0 Å². The van der Waals surface area contributed by atoms with Crippen LogP contribution in [-0.2, 0) is 24.6 Å². The number of likely N-dealkylation sites (tertiary alicyclic amines) is 2. The van der Waals surface area contributed by atoms with Gasteiger partial charge in [-0.1, -0.05) is 64.1 Å². The number of aromatic amines is 3. The lowest BCUT2D eigenvalue weighted by molar-refractivity contribution is -0.138. The number of rotatable bonds is 11. The van der Waals surface area contributed by atoms with Gasteiger partial charge in [0.15, 0.2) is 0 Å². The zero-order valence-electron chi connectivity index (χ0n) is 35.1. The van der Waals surface area contributed by atoms with Crippen molar-refractivity contribution in [3.05, 3.63) is 72.2 Å². The van der Waals surface area contributed by atoms with Crippen LogP contribution in [0, 0.1) is 18.8 Å². The quantitative estimate of drug-likeness (QED) is 0.0927. The average Bonchev–Trinajstić information content (AvgIpc) is 4.08. The van der Waals surface area contributed by atoms with E-state index in [0.717, 1.165) is 75.8 Å². The second kappa shape index (κ2) is 16.6. The average molecular weight is 806 g/mol. The van der Waals surface area contributed by atoms with Crippen LogP contribution < -0.4 is 10.6 Å². The van der Waals surface area contributed by atoms with Crippen LogP contribution in [0.3, 0.4) is 0 Å². The first kappa shape index (κ1) is 41.1. The van der Waals surface area contributed by atoms with Crippen molar-refractivity contribution in [2.75, 3.05) is 27.3 Å². The first-order chi connectivity index (χ1) is 28.2. The van der Waals surface area contributed by atoms with Crippen LogP contribution in [0.1, 0.15) is 83.6 Å². The highest BCUT2D eigenvalue weighted by molar-refractivity contribution is 6.04. The molecule has 4 amide bonds. The summed E-state index contributed by atoms with van der Waals surface area (Å²) in [6.45, 7) is 12.9. The number of imidazole rings is 2. The number of benzene rings is 2. The highest BCUT2D eigenvalue weighted by atomic mass is 16.5. The molecule has 0 unspecified atom stereocenters. The highest BCUT2D eigenvalue weighted by Crippen LogP contribution is 2.41. The number of alkyl carbamates (subject to hydrolysis) is 2. The van der Waals surface area contributed by atoms with Crippen molar-refractivity contribution in [2.24, 2.45) is 11.8 Å². The van der Waals surface area contributed by atoms with Crippen LogP contribution in [0.5, 0.6) is 0 Å². The summed E-state index contributed by atoms with van der Waals surface area (Å²) in [5, 5.41) is 6.53. The molecule has 2 saturated heterocycles. The summed E-state index contributed by atoms with van der Waals surface area (Å²) < 4.78 is 9.58. The van der Waals surface area contributed by atoms with Gasteiger partial charge in [0.1, 0.15) is 23.7 Å². The maximum absolute atomic E-state index is 13.9. The Morgan fingerprint density at radius 3 is 2.08 bits per heavy atom. The van der Waals surface area contributed by atoms with E-state index in [0.29, 0.717) is 24.7 Å². The summed E-state index contributed by atoms with van der Waals surface area (Å²) in [4.78, 5) is 75.4. The van der Waals surface area contributed by atoms with E-state index in [-0.39, 0.29) is 29.7 Å². The van der Waals surface area contributed by atoms with E-state index in [1.165, 1.54) is 14.2 Å². The second-order valence-electron chi connectivity index (χ2n) is 16.6. The first-order valence-corrected chi connectivity index (χ1v) is 20.4. The van der Waals surface area contributed by atoms with Crippen LogP contribution in [0.15, 0.2) is 55.0 Å². The third kappa shape index (κ3) is 7.77. The van der Waals surface area contributed by atoms with Crippen molar-refractivity contribution < 1.29 is 28.7 Å². The maximum Gasteiger partial charge on any atom is 0.407 e. The van der Waals surface area contributed by atoms with E-state index >= 15 is 0 Å². The molecule has 59 heavy (non-hydrogen) atoms. The second-order valence-corrected chi connectivity index (χ2v) is 16.6. The van der Waals surface area contributed by atoms with E-state index in [4.69, 9.17) is 19.4 Å². The predicted molar refractivity (Wildman–Crippen MR) is 224 cm³/mol. The molecule has 15 heteroatoms. The molecule has 0 bridgehead atoms. The number of nitrogens with one attached hydrogen (secondary N) is 5. The number of aryl methyl sites for hydroxylation is 1. The molecule has 0 saturated carbocycles. The number of amides is 4. The van der Waals surface area contributed by atoms with Gasteiger partial charge in [-0.2, -0.15) is 0 Å². The van der Waals surface area contributed by atoms with Gasteiger partial charge in [-0.25, -0.2) is 19.6 Å². The molecular formula is C44H55N9O6. The number of aromatic nitrogens is 5. The molecule has 4 atom stereocenters. The predicted octanol–water partition coefficient (Wildman–Crippen LogP) is 7.19. The third-order valence-corrected chi connectivity index (χ3v) is 12.1. The van der Waals surface area contributed by atoms with Crippen molar-refractivity contribution in [1.82, 2.24) is 45.4 Å². The van der Waals surface area contributed by atoms with Gasteiger partial charge in [0.05, 0.1) is 55.1 Å².